The smallest absolute Gasteiger partial charge is 0.127 e. The van der Waals surface area contributed by atoms with Crippen LogP contribution in [0.1, 0.15) is 96.7 Å². The first-order valence-corrected chi connectivity index (χ1v) is 11.0. The van der Waals surface area contributed by atoms with E-state index in [0.29, 0.717) is 12.2 Å². The van der Waals surface area contributed by atoms with Crippen molar-refractivity contribution in [1.82, 2.24) is 9.80 Å². The van der Waals surface area contributed by atoms with Crippen molar-refractivity contribution in [2.75, 3.05) is 6.54 Å². The van der Waals surface area contributed by atoms with Gasteiger partial charge in [-0.25, -0.2) is 0 Å². The van der Waals surface area contributed by atoms with Crippen LogP contribution in [-0.2, 0) is 0 Å². The Kier molecular flexibility index (Phi) is 9.66. The second kappa shape index (κ2) is 12.0. The van der Waals surface area contributed by atoms with Crippen LogP contribution in [0.15, 0.2) is 42.7 Å². The standard InChI is InChI=1S/C24H40N2/c1-4-5-6-7-8-9-10-11-12-16-19-25-20-21-26(22(2)3)24(25)23-17-14-13-15-18-23/h13-15,17-18,20-22,24H,4-12,16,19H2,1-3H3. The highest BCUT2D eigenvalue weighted by Crippen LogP contribution is 2.32. The lowest BCUT2D eigenvalue weighted by Gasteiger charge is -2.35. The number of unbranched alkanes of at least 4 members (excludes halogenated alkanes) is 9. The number of nitrogens with zero attached hydrogens (tertiary/aromatic N) is 2. The van der Waals surface area contributed by atoms with Gasteiger partial charge in [-0.2, -0.15) is 0 Å². The average molecular weight is 357 g/mol. The lowest BCUT2D eigenvalue weighted by molar-refractivity contribution is 0.126. The fraction of sp³-hybridized carbons (Fsp3) is 0.667. The van der Waals surface area contributed by atoms with Gasteiger partial charge in [-0.1, -0.05) is 95.0 Å². The van der Waals surface area contributed by atoms with E-state index in [2.05, 4.69) is 73.3 Å². The summed E-state index contributed by atoms with van der Waals surface area (Å²) < 4.78 is 0. The van der Waals surface area contributed by atoms with Crippen LogP contribution in [0.5, 0.6) is 0 Å². The summed E-state index contributed by atoms with van der Waals surface area (Å²) >= 11 is 0. The van der Waals surface area contributed by atoms with Crippen molar-refractivity contribution in [3.63, 3.8) is 0 Å². The molecule has 1 heterocycles. The van der Waals surface area contributed by atoms with E-state index >= 15 is 0 Å². The Hall–Kier alpha value is -1.44. The molecule has 1 aliphatic heterocycles. The molecular weight excluding hydrogens is 316 g/mol. The van der Waals surface area contributed by atoms with Crippen LogP contribution in [0.4, 0.5) is 0 Å². The summed E-state index contributed by atoms with van der Waals surface area (Å²) in [4.78, 5) is 5.01. The third kappa shape index (κ3) is 6.70. The predicted molar refractivity (Wildman–Crippen MR) is 114 cm³/mol. The number of benzene rings is 1. The molecule has 1 unspecified atom stereocenters. The summed E-state index contributed by atoms with van der Waals surface area (Å²) in [6.45, 7) is 8.02. The molecule has 1 aliphatic rings. The van der Waals surface area contributed by atoms with Crippen LogP contribution in [0.25, 0.3) is 0 Å². The maximum absolute atomic E-state index is 2.53. The largest absolute Gasteiger partial charge is 0.352 e. The van der Waals surface area contributed by atoms with Gasteiger partial charge < -0.3 is 9.80 Å². The van der Waals surface area contributed by atoms with Gasteiger partial charge in [0.2, 0.25) is 0 Å². The molecule has 0 aromatic heterocycles. The molecule has 2 nitrogen and oxygen atoms in total. The van der Waals surface area contributed by atoms with E-state index in [1.807, 2.05) is 0 Å². The molecule has 0 aliphatic carbocycles. The van der Waals surface area contributed by atoms with Gasteiger partial charge in [-0.05, 0) is 25.8 Å². The van der Waals surface area contributed by atoms with E-state index in [1.165, 1.54) is 69.8 Å². The molecule has 2 rings (SSSR count). The molecule has 146 valence electrons. The number of hydrogen-bond acceptors (Lipinski definition) is 2. The molecule has 0 amide bonds. The van der Waals surface area contributed by atoms with Crippen LogP contribution in [0.2, 0.25) is 0 Å². The molecule has 1 aromatic rings. The quantitative estimate of drug-likeness (QED) is 0.348. The molecule has 1 aromatic carbocycles. The Bertz CT molecular complexity index is 494. The third-order valence-corrected chi connectivity index (χ3v) is 5.49. The summed E-state index contributed by atoms with van der Waals surface area (Å²) in [6.07, 6.45) is 18.9. The number of hydrogen-bond donors (Lipinski definition) is 0. The Morgan fingerprint density at radius 2 is 1.35 bits per heavy atom. The van der Waals surface area contributed by atoms with Crippen molar-refractivity contribution >= 4 is 0 Å². The fourth-order valence-electron chi connectivity index (χ4n) is 3.92. The molecule has 0 radical (unpaired) electrons. The van der Waals surface area contributed by atoms with Crippen molar-refractivity contribution < 1.29 is 0 Å². The van der Waals surface area contributed by atoms with Gasteiger partial charge in [0.05, 0.1) is 0 Å². The molecule has 26 heavy (non-hydrogen) atoms. The van der Waals surface area contributed by atoms with Gasteiger partial charge in [-0.3, -0.25) is 0 Å². The molecule has 0 saturated carbocycles. The SMILES string of the molecule is CCCCCCCCCCCCN1C=CN(C(C)C)C1c1ccccc1. The van der Waals surface area contributed by atoms with Crippen molar-refractivity contribution in [1.29, 1.82) is 0 Å². The molecular formula is C24H40N2. The minimum atomic E-state index is 0.370. The molecule has 0 bridgehead atoms. The lowest BCUT2D eigenvalue weighted by Crippen LogP contribution is -2.35. The Morgan fingerprint density at radius 1 is 0.769 bits per heavy atom. The van der Waals surface area contributed by atoms with Crippen molar-refractivity contribution in [3.8, 4) is 0 Å². The Labute approximate surface area is 162 Å². The van der Waals surface area contributed by atoms with E-state index in [-0.39, 0.29) is 0 Å². The van der Waals surface area contributed by atoms with Gasteiger partial charge in [0, 0.05) is 25.0 Å². The van der Waals surface area contributed by atoms with Crippen molar-refractivity contribution in [3.05, 3.63) is 48.3 Å². The van der Waals surface area contributed by atoms with Gasteiger partial charge in [-0.15, -0.1) is 0 Å². The van der Waals surface area contributed by atoms with E-state index in [0.717, 1.165) is 6.54 Å². The van der Waals surface area contributed by atoms with Crippen LogP contribution in [0, 0.1) is 0 Å². The monoisotopic (exact) mass is 356 g/mol. The zero-order chi connectivity index (χ0) is 18.6. The molecule has 0 spiro atoms. The molecule has 0 N–H and O–H groups in total. The minimum Gasteiger partial charge on any atom is -0.352 e. The van der Waals surface area contributed by atoms with Crippen LogP contribution in [-0.4, -0.2) is 22.4 Å². The Balaban J connectivity index is 1.67. The van der Waals surface area contributed by atoms with Gasteiger partial charge in [0.25, 0.3) is 0 Å². The highest BCUT2D eigenvalue weighted by Gasteiger charge is 2.28. The highest BCUT2D eigenvalue weighted by atomic mass is 15.4. The van der Waals surface area contributed by atoms with E-state index in [9.17, 15) is 0 Å². The topological polar surface area (TPSA) is 6.48 Å². The van der Waals surface area contributed by atoms with Crippen LogP contribution >= 0.6 is 0 Å². The van der Waals surface area contributed by atoms with Gasteiger partial charge >= 0.3 is 0 Å². The van der Waals surface area contributed by atoms with Crippen molar-refractivity contribution in [2.45, 2.75) is 97.2 Å². The predicted octanol–water partition coefficient (Wildman–Crippen LogP) is 7.10. The molecule has 2 heteroatoms. The van der Waals surface area contributed by atoms with Gasteiger partial charge in [0.1, 0.15) is 6.17 Å². The van der Waals surface area contributed by atoms with Crippen molar-refractivity contribution in [2.24, 2.45) is 0 Å². The summed E-state index contributed by atoms with van der Waals surface area (Å²) in [5.74, 6) is 0. The second-order valence-corrected chi connectivity index (χ2v) is 8.04. The summed E-state index contributed by atoms with van der Waals surface area (Å²) in [5, 5.41) is 0. The minimum absolute atomic E-state index is 0.370. The molecule has 0 fully saturated rings. The fourth-order valence-corrected chi connectivity index (χ4v) is 3.92. The Morgan fingerprint density at radius 3 is 1.92 bits per heavy atom. The third-order valence-electron chi connectivity index (χ3n) is 5.49. The van der Waals surface area contributed by atoms with Crippen LogP contribution in [0.3, 0.4) is 0 Å². The maximum atomic E-state index is 2.53. The average Bonchev–Trinajstić information content (AvgIpc) is 3.08. The summed E-state index contributed by atoms with van der Waals surface area (Å²) in [7, 11) is 0. The highest BCUT2D eigenvalue weighted by molar-refractivity contribution is 5.22. The zero-order valence-corrected chi connectivity index (χ0v) is 17.4. The summed E-state index contributed by atoms with van der Waals surface area (Å²) in [6, 6.07) is 11.5. The first-order chi connectivity index (χ1) is 12.7. The van der Waals surface area contributed by atoms with E-state index < -0.39 is 0 Å². The second-order valence-electron chi connectivity index (χ2n) is 8.04. The van der Waals surface area contributed by atoms with Crippen LogP contribution < -0.4 is 0 Å². The lowest BCUT2D eigenvalue weighted by atomic mass is 10.1. The first kappa shape index (κ1) is 20.9. The van der Waals surface area contributed by atoms with E-state index in [4.69, 9.17) is 0 Å². The zero-order valence-electron chi connectivity index (χ0n) is 17.4. The number of rotatable bonds is 13. The first-order valence-electron chi connectivity index (χ1n) is 11.0. The maximum Gasteiger partial charge on any atom is 0.127 e. The normalized spacial score (nSPS) is 16.8. The van der Waals surface area contributed by atoms with Gasteiger partial charge in [0.15, 0.2) is 0 Å². The molecule has 0 saturated heterocycles. The van der Waals surface area contributed by atoms with E-state index in [1.54, 1.807) is 0 Å². The summed E-state index contributed by atoms with van der Waals surface area (Å²) in [5.41, 5.74) is 1.40. The molecule has 1 atom stereocenters.